The van der Waals surface area contributed by atoms with Gasteiger partial charge in [0.15, 0.2) is 0 Å². The molecule has 0 saturated heterocycles. The Labute approximate surface area is 118 Å². The van der Waals surface area contributed by atoms with Crippen LogP contribution in [0, 0.1) is 6.92 Å². The number of aryl methyl sites for hydroxylation is 1. The fraction of sp³-hybridized carbons (Fsp3) is 0.125. The van der Waals surface area contributed by atoms with Gasteiger partial charge in [-0.2, -0.15) is 5.10 Å². The van der Waals surface area contributed by atoms with Crippen LogP contribution < -0.4 is 5.32 Å². The summed E-state index contributed by atoms with van der Waals surface area (Å²) in [6, 6.07) is 14.3. The zero-order valence-corrected chi connectivity index (χ0v) is 11.3. The summed E-state index contributed by atoms with van der Waals surface area (Å²) in [5.41, 5.74) is 4.38. The van der Waals surface area contributed by atoms with Gasteiger partial charge in [-0.1, -0.05) is 12.1 Å². The van der Waals surface area contributed by atoms with E-state index in [1.54, 1.807) is 12.4 Å². The maximum atomic E-state index is 4.27. The Morgan fingerprint density at radius 3 is 2.60 bits per heavy atom. The summed E-state index contributed by atoms with van der Waals surface area (Å²) in [7, 11) is 0. The zero-order chi connectivity index (χ0) is 13.8. The summed E-state index contributed by atoms with van der Waals surface area (Å²) in [4.78, 5) is 4.27. The molecule has 100 valence electrons. The average Bonchev–Trinajstić information content (AvgIpc) is 3.01. The van der Waals surface area contributed by atoms with Gasteiger partial charge in [-0.25, -0.2) is 4.68 Å². The van der Waals surface area contributed by atoms with Crippen LogP contribution in [0.2, 0.25) is 0 Å². The van der Waals surface area contributed by atoms with E-state index in [1.165, 1.54) is 5.56 Å². The third-order valence-electron chi connectivity index (χ3n) is 3.20. The number of hydrogen-bond acceptors (Lipinski definition) is 3. The van der Waals surface area contributed by atoms with Crippen molar-refractivity contribution in [1.29, 1.82) is 0 Å². The minimum atomic E-state index is 0.784. The van der Waals surface area contributed by atoms with Gasteiger partial charge in [0.2, 0.25) is 0 Å². The first kappa shape index (κ1) is 12.4. The van der Waals surface area contributed by atoms with Gasteiger partial charge in [-0.15, -0.1) is 0 Å². The lowest BCUT2D eigenvalue weighted by Crippen LogP contribution is -2.02. The highest BCUT2D eigenvalue weighted by Gasteiger charge is 1.99. The molecule has 0 aliphatic heterocycles. The second kappa shape index (κ2) is 5.57. The molecule has 1 N–H and O–H groups in total. The van der Waals surface area contributed by atoms with Crippen LogP contribution in [0.25, 0.3) is 5.69 Å². The molecule has 0 fully saturated rings. The van der Waals surface area contributed by atoms with Crippen LogP contribution in [0.5, 0.6) is 0 Å². The summed E-state index contributed by atoms with van der Waals surface area (Å²) in [6.45, 7) is 2.79. The van der Waals surface area contributed by atoms with Gasteiger partial charge >= 0.3 is 0 Å². The first-order chi connectivity index (χ1) is 9.83. The first-order valence-corrected chi connectivity index (χ1v) is 6.57. The topological polar surface area (TPSA) is 42.7 Å². The molecule has 3 rings (SSSR count). The van der Waals surface area contributed by atoms with Crippen molar-refractivity contribution >= 4 is 5.69 Å². The number of pyridine rings is 1. The fourth-order valence-corrected chi connectivity index (χ4v) is 2.06. The number of hydrogen-bond donors (Lipinski definition) is 1. The van der Waals surface area contributed by atoms with Crippen LogP contribution in [0.1, 0.15) is 11.3 Å². The number of aromatic nitrogens is 3. The van der Waals surface area contributed by atoms with Crippen LogP contribution >= 0.6 is 0 Å². The largest absolute Gasteiger partial charge is 0.380 e. The molecule has 0 amide bonds. The second-order valence-corrected chi connectivity index (χ2v) is 4.61. The van der Waals surface area contributed by atoms with E-state index in [-0.39, 0.29) is 0 Å². The Bertz CT molecular complexity index is 672. The van der Waals surface area contributed by atoms with Crippen LogP contribution in [0.15, 0.2) is 61.1 Å². The number of rotatable bonds is 4. The monoisotopic (exact) mass is 264 g/mol. The van der Waals surface area contributed by atoms with E-state index in [0.29, 0.717) is 0 Å². The first-order valence-electron chi connectivity index (χ1n) is 6.57. The van der Waals surface area contributed by atoms with Crippen molar-refractivity contribution in [3.8, 4) is 5.69 Å². The fourth-order valence-electron chi connectivity index (χ4n) is 2.06. The summed E-state index contributed by atoms with van der Waals surface area (Å²) in [5.74, 6) is 0. The van der Waals surface area contributed by atoms with Crippen molar-refractivity contribution in [3.63, 3.8) is 0 Å². The van der Waals surface area contributed by atoms with Gasteiger partial charge in [0.1, 0.15) is 0 Å². The summed E-state index contributed by atoms with van der Waals surface area (Å²) in [5, 5.41) is 7.61. The van der Waals surface area contributed by atoms with Crippen LogP contribution in [0.3, 0.4) is 0 Å². The predicted molar refractivity (Wildman–Crippen MR) is 79.9 cm³/mol. The van der Waals surface area contributed by atoms with Gasteiger partial charge in [-0.3, -0.25) is 4.98 Å². The standard InChI is InChI=1S/C16H16N4/c1-13-16(4-2-9-17-13)18-12-14-5-7-15(8-6-14)20-11-3-10-19-20/h2-11,18H,12H2,1H3. The van der Waals surface area contributed by atoms with E-state index in [9.17, 15) is 0 Å². The van der Waals surface area contributed by atoms with Gasteiger partial charge in [0.05, 0.1) is 17.1 Å². The summed E-state index contributed by atoms with van der Waals surface area (Å²) < 4.78 is 1.85. The van der Waals surface area contributed by atoms with Crippen molar-refractivity contribution in [2.75, 3.05) is 5.32 Å². The van der Waals surface area contributed by atoms with Gasteiger partial charge in [0, 0.05) is 25.1 Å². The molecule has 0 bridgehead atoms. The predicted octanol–water partition coefficient (Wildman–Crippen LogP) is 3.19. The van der Waals surface area contributed by atoms with E-state index in [2.05, 4.69) is 39.7 Å². The van der Waals surface area contributed by atoms with Crippen molar-refractivity contribution in [3.05, 3.63) is 72.3 Å². The minimum absolute atomic E-state index is 0.784. The molecule has 4 heteroatoms. The lowest BCUT2D eigenvalue weighted by atomic mass is 10.2. The smallest absolute Gasteiger partial charge is 0.0645 e. The Morgan fingerprint density at radius 2 is 1.90 bits per heavy atom. The summed E-state index contributed by atoms with van der Waals surface area (Å²) >= 11 is 0. The highest BCUT2D eigenvalue weighted by atomic mass is 15.3. The Morgan fingerprint density at radius 1 is 1.05 bits per heavy atom. The molecule has 0 unspecified atom stereocenters. The highest BCUT2D eigenvalue weighted by Crippen LogP contribution is 2.13. The maximum Gasteiger partial charge on any atom is 0.0645 e. The lowest BCUT2D eigenvalue weighted by Gasteiger charge is -2.09. The highest BCUT2D eigenvalue weighted by molar-refractivity contribution is 5.47. The quantitative estimate of drug-likeness (QED) is 0.787. The average molecular weight is 264 g/mol. The molecule has 4 nitrogen and oxygen atoms in total. The molecular formula is C16H16N4. The van der Waals surface area contributed by atoms with Crippen molar-refractivity contribution in [1.82, 2.24) is 14.8 Å². The molecule has 0 saturated carbocycles. The molecule has 2 aromatic heterocycles. The third-order valence-corrected chi connectivity index (χ3v) is 3.20. The van der Waals surface area contributed by atoms with E-state index in [0.717, 1.165) is 23.6 Å². The molecule has 2 heterocycles. The van der Waals surface area contributed by atoms with Crippen LogP contribution in [0.4, 0.5) is 5.69 Å². The molecule has 0 aliphatic carbocycles. The minimum Gasteiger partial charge on any atom is -0.380 e. The Balaban J connectivity index is 1.68. The van der Waals surface area contributed by atoms with Crippen LogP contribution in [-0.2, 0) is 6.54 Å². The van der Waals surface area contributed by atoms with E-state index in [4.69, 9.17) is 0 Å². The van der Waals surface area contributed by atoms with Crippen molar-refractivity contribution in [2.45, 2.75) is 13.5 Å². The molecule has 1 aromatic carbocycles. The number of nitrogens with zero attached hydrogens (tertiary/aromatic N) is 3. The van der Waals surface area contributed by atoms with Gasteiger partial charge in [0.25, 0.3) is 0 Å². The van der Waals surface area contributed by atoms with Crippen molar-refractivity contribution < 1.29 is 0 Å². The third kappa shape index (κ3) is 2.69. The van der Waals surface area contributed by atoms with Gasteiger partial charge in [-0.05, 0) is 42.8 Å². The van der Waals surface area contributed by atoms with Crippen LogP contribution in [-0.4, -0.2) is 14.8 Å². The Hall–Kier alpha value is -2.62. The normalized spacial score (nSPS) is 10.4. The molecule has 0 aliphatic rings. The van der Waals surface area contributed by atoms with Crippen molar-refractivity contribution in [2.24, 2.45) is 0 Å². The maximum absolute atomic E-state index is 4.27. The molecule has 20 heavy (non-hydrogen) atoms. The SMILES string of the molecule is Cc1ncccc1NCc1ccc(-n2cccn2)cc1. The second-order valence-electron chi connectivity index (χ2n) is 4.61. The summed E-state index contributed by atoms with van der Waals surface area (Å²) in [6.07, 6.45) is 5.52. The number of nitrogens with one attached hydrogen (secondary N) is 1. The van der Waals surface area contributed by atoms with E-state index >= 15 is 0 Å². The van der Waals surface area contributed by atoms with E-state index in [1.807, 2.05) is 36.0 Å². The molecule has 3 aromatic rings. The molecule has 0 atom stereocenters. The lowest BCUT2D eigenvalue weighted by molar-refractivity contribution is 0.879. The molecular weight excluding hydrogens is 248 g/mol. The van der Waals surface area contributed by atoms with Gasteiger partial charge < -0.3 is 5.32 Å². The number of benzene rings is 1. The zero-order valence-electron chi connectivity index (χ0n) is 11.3. The van der Waals surface area contributed by atoms with E-state index < -0.39 is 0 Å². The Kier molecular flexibility index (Phi) is 3.46. The molecule has 0 radical (unpaired) electrons. The number of anilines is 1. The molecule has 0 spiro atoms.